The fourth-order valence-corrected chi connectivity index (χ4v) is 3.91. The van der Waals surface area contributed by atoms with Crippen molar-refractivity contribution in [1.82, 2.24) is 10.3 Å². The number of esters is 1. The number of para-hydroxylation sites is 1. The lowest BCUT2D eigenvalue weighted by Gasteiger charge is -2.22. The Labute approximate surface area is 175 Å². The van der Waals surface area contributed by atoms with Crippen LogP contribution >= 0.6 is 0 Å². The summed E-state index contributed by atoms with van der Waals surface area (Å²) in [5, 5.41) is 3.41. The van der Waals surface area contributed by atoms with Gasteiger partial charge in [0.05, 0.1) is 16.8 Å². The lowest BCUT2D eigenvalue weighted by molar-refractivity contribution is -0.124. The smallest absolute Gasteiger partial charge is 0.339 e. The molecule has 1 aromatic heterocycles. The molecule has 5 heteroatoms. The van der Waals surface area contributed by atoms with Gasteiger partial charge in [0.25, 0.3) is 5.91 Å². The number of amides is 1. The maximum Gasteiger partial charge on any atom is 0.339 e. The van der Waals surface area contributed by atoms with Crippen LogP contribution < -0.4 is 5.32 Å². The van der Waals surface area contributed by atoms with Crippen LogP contribution in [0, 0.1) is 0 Å². The number of hydrogen-bond acceptors (Lipinski definition) is 4. The van der Waals surface area contributed by atoms with E-state index in [9.17, 15) is 9.59 Å². The molecule has 0 bridgehead atoms. The average molecular weight is 400 g/mol. The Bertz CT molecular complexity index is 1120. The maximum atomic E-state index is 13.1. The number of likely N-dealkylation sites (N-methyl/N-ethyl adjacent to an activating group) is 1. The molecule has 0 saturated carbocycles. The van der Waals surface area contributed by atoms with E-state index in [1.54, 1.807) is 0 Å². The highest BCUT2D eigenvalue weighted by molar-refractivity contribution is 6.07. The number of benzene rings is 2. The number of carbonyl (C=O) groups is 2. The Hall–Kier alpha value is -3.47. The fourth-order valence-electron chi connectivity index (χ4n) is 3.91. The summed E-state index contributed by atoms with van der Waals surface area (Å²) >= 11 is 0. The van der Waals surface area contributed by atoms with Crippen molar-refractivity contribution >= 4 is 34.4 Å². The standard InChI is InChI=1S/C25H24N2O3/c1-2-26-22(28)16-30-25(29)23-19-12-6-7-14-21(19)27-24-18(11-8-13-20(23)24)15-17-9-4-3-5-10-17/h3-7,9-10,12,14-15H,2,8,11,13,16H2,1H3,(H,26,28). The molecule has 0 radical (unpaired) electrons. The lowest BCUT2D eigenvalue weighted by atomic mass is 9.86. The average Bonchev–Trinajstić information content (AvgIpc) is 2.77. The van der Waals surface area contributed by atoms with Crippen LogP contribution in [0.2, 0.25) is 0 Å². The Morgan fingerprint density at radius 3 is 2.63 bits per heavy atom. The molecule has 0 saturated heterocycles. The third kappa shape index (κ3) is 4.10. The van der Waals surface area contributed by atoms with Crippen LogP contribution in [-0.4, -0.2) is 30.0 Å². The third-order valence-corrected chi connectivity index (χ3v) is 5.22. The molecule has 1 aliphatic rings. The molecule has 30 heavy (non-hydrogen) atoms. The number of rotatable bonds is 5. The Morgan fingerprint density at radius 2 is 1.83 bits per heavy atom. The first kappa shape index (κ1) is 19.8. The van der Waals surface area contributed by atoms with Crippen molar-refractivity contribution in [3.8, 4) is 0 Å². The van der Waals surface area contributed by atoms with Gasteiger partial charge in [-0.25, -0.2) is 9.78 Å². The van der Waals surface area contributed by atoms with Crippen LogP contribution in [0.3, 0.4) is 0 Å². The highest BCUT2D eigenvalue weighted by Gasteiger charge is 2.26. The molecule has 5 nitrogen and oxygen atoms in total. The molecule has 0 unspecified atom stereocenters. The Kier molecular flexibility index (Phi) is 5.89. The predicted molar refractivity (Wildman–Crippen MR) is 118 cm³/mol. The third-order valence-electron chi connectivity index (χ3n) is 5.22. The molecule has 1 N–H and O–H groups in total. The molecule has 2 aromatic carbocycles. The molecule has 3 aromatic rings. The Morgan fingerprint density at radius 1 is 1.07 bits per heavy atom. The predicted octanol–water partition coefficient (Wildman–Crippen LogP) is 4.40. The first-order valence-electron chi connectivity index (χ1n) is 10.3. The van der Waals surface area contributed by atoms with Gasteiger partial charge in [-0.05, 0) is 55.0 Å². The van der Waals surface area contributed by atoms with Crippen LogP contribution in [0.1, 0.15) is 46.9 Å². The van der Waals surface area contributed by atoms with E-state index in [1.165, 1.54) is 0 Å². The largest absolute Gasteiger partial charge is 0.452 e. The number of nitrogens with one attached hydrogen (secondary N) is 1. The van der Waals surface area contributed by atoms with Crippen molar-refractivity contribution in [2.24, 2.45) is 0 Å². The van der Waals surface area contributed by atoms with Crippen molar-refractivity contribution in [2.45, 2.75) is 26.2 Å². The van der Waals surface area contributed by atoms with Crippen molar-refractivity contribution in [3.63, 3.8) is 0 Å². The number of hydrogen-bond donors (Lipinski definition) is 1. The van der Waals surface area contributed by atoms with Crippen molar-refractivity contribution in [3.05, 3.63) is 77.0 Å². The van der Waals surface area contributed by atoms with Gasteiger partial charge in [-0.3, -0.25) is 4.79 Å². The van der Waals surface area contributed by atoms with Gasteiger partial charge in [-0.15, -0.1) is 0 Å². The van der Waals surface area contributed by atoms with Gasteiger partial charge in [0, 0.05) is 11.9 Å². The molecule has 0 aliphatic heterocycles. The lowest BCUT2D eigenvalue weighted by Crippen LogP contribution is -2.28. The monoisotopic (exact) mass is 400 g/mol. The SMILES string of the molecule is CCNC(=O)COC(=O)c1c2c(nc3ccccc13)C(=Cc1ccccc1)CCC2. The minimum Gasteiger partial charge on any atom is -0.452 e. The van der Waals surface area contributed by atoms with E-state index >= 15 is 0 Å². The molecule has 1 heterocycles. The number of fused-ring (bicyclic) bond motifs is 2. The van der Waals surface area contributed by atoms with E-state index in [1.807, 2.05) is 49.4 Å². The number of aromatic nitrogens is 1. The van der Waals surface area contributed by atoms with Crippen molar-refractivity contribution in [1.29, 1.82) is 0 Å². The van der Waals surface area contributed by atoms with Gasteiger partial charge in [-0.1, -0.05) is 48.5 Å². The van der Waals surface area contributed by atoms with Gasteiger partial charge < -0.3 is 10.1 Å². The minimum absolute atomic E-state index is 0.287. The van der Waals surface area contributed by atoms with E-state index < -0.39 is 5.97 Å². The zero-order chi connectivity index (χ0) is 20.9. The molecule has 4 rings (SSSR count). The van der Waals surface area contributed by atoms with Crippen LogP contribution in [0.4, 0.5) is 0 Å². The first-order chi connectivity index (χ1) is 14.7. The number of allylic oxidation sites excluding steroid dienone is 1. The summed E-state index contributed by atoms with van der Waals surface area (Å²) in [6.45, 7) is 2.04. The normalized spacial score (nSPS) is 14.4. The zero-order valence-corrected chi connectivity index (χ0v) is 17.0. The van der Waals surface area contributed by atoms with Gasteiger partial charge in [0.1, 0.15) is 0 Å². The molecule has 1 aliphatic carbocycles. The van der Waals surface area contributed by atoms with E-state index in [0.29, 0.717) is 12.1 Å². The molecular weight excluding hydrogens is 376 g/mol. The molecule has 1 amide bonds. The summed E-state index contributed by atoms with van der Waals surface area (Å²) in [6, 6.07) is 17.7. The summed E-state index contributed by atoms with van der Waals surface area (Å²) in [4.78, 5) is 29.7. The first-order valence-corrected chi connectivity index (χ1v) is 10.3. The highest BCUT2D eigenvalue weighted by atomic mass is 16.5. The van der Waals surface area contributed by atoms with Crippen LogP contribution in [0.15, 0.2) is 54.6 Å². The summed E-state index contributed by atoms with van der Waals surface area (Å²) < 4.78 is 5.37. The molecule has 0 spiro atoms. The van der Waals surface area contributed by atoms with E-state index in [0.717, 1.165) is 52.6 Å². The molecule has 0 fully saturated rings. The van der Waals surface area contributed by atoms with Crippen molar-refractivity contribution < 1.29 is 14.3 Å². The Balaban J connectivity index is 1.79. The molecule has 0 atom stereocenters. The maximum absolute atomic E-state index is 13.1. The zero-order valence-electron chi connectivity index (χ0n) is 17.0. The van der Waals surface area contributed by atoms with E-state index in [4.69, 9.17) is 9.72 Å². The van der Waals surface area contributed by atoms with Crippen LogP contribution in [-0.2, 0) is 16.0 Å². The van der Waals surface area contributed by atoms with Gasteiger partial charge >= 0.3 is 5.97 Å². The summed E-state index contributed by atoms with van der Waals surface area (Å²) in [7, 11) is 0. The number of nitrogens with zero attached hydrogens (tertiary/aromatic N) is 1. The van der Waals surface area contributed by atoms with E-state index in [-0.39, 0.29) is 12.5 Å². The van der Waals surface area contributed by atoms with Gasteiger partial charge in [0.2, 0.25) is 0 Å². The highest BCUT2D eigenvalue weighted by Crippen LogP contribution is 2.36. The van der Waals surface area contributed by atoms with Gasteiger partial charge in [0.15, 0.2) is 6.61 Å². The summed E-state index contributed by atoms with van der Waals surface area (Å²) in [5.74, 6) is -0.778. The second-order valence-electron chi connectivity index (χ2n) is 7.29. The van der Waals surface area contributed by atoms with Crippen LogP contribution in [0.5, 0.6) is 0 Å². The topological polar surface area (TPSA) is 68.3 Å². The molecule has 152 valence electrons. The second-order valence-corrected chi connectivity index (χ2v) is 7.29. The van der Waals surface area contributed by atoms with E-state index in [2.05, 4.69) is 23.5 Å². The summed E-state index contributed by atoms with van der Waals surface area (Å²) in [6.07, 6.45) is 4.73. The van der Waals surface area contributed by atoms with Crippen LogP contribution in [0.25, 0.3) is 22.6 Å². The van der Waals surface area contributed by atoms with Gasteiger partial charge in [-0.2, -0.15) is 0 Å². The van der Waals surface area contributed by atoms with Crippen molar-refractivity contribution in [2.75, 3.05) is 13.2 Å². The minimum atomic E-state index is -0.475. The number of pyridine rings is 1. The fraction of sp³-hybridized carbons (Fsp3) is 0.240. The number of ether oxygens (including phenoxy) is 1. The second kappa shape index (κ2) is 8.91. The molecular formula is C25H24N2O3. The summed E-state index contributed by atoms with van der Waals surface area (Å²) in [5.41, 5.74) is 5.26. The quantitative estimate of drug-likeness (QED) is 0.645. The number of carbonyl (C=O) groups excluding carboxylic acids is 2.